The van der Waals surface area contributed by atoms with Gasteiger partial charge in [0.05, 0.1) is 6.61 Å². The van der Waals surface area contributed by atoms with E-state index in [1.807, 2.05) is 18.2 Å². The van der Waals surface area contributed by atoms with Crippen molar-refractivity contribution in [3.05, 3.63) is 41.5 Å². The van der Waals surface area contributed by atoms with Crippen LogP contribution in [0.15, 0.2) is 30.4 Å². The Hall–Kier alpha value is -1.81. The second-order valence-electron chi connectivity index (χ2n) is 4.04. The van der Waals surface area contributed by atoms with E-state index in [2.05, 4.69) is 0 Å². The Kier molecular flexibility index (Phi) is 3.44. The first-order valence-corrected chi connectivity index (χ1v) is 5.59. The average molecular weight is 233 g/mol. The molecule has 4 nitrogen and oxygen atoms in total. The number of benzene rings is 1. The van der Waals surface area contributed by atoms with Crippen LogP contribution in [0.3, 0.4) is 0 Å². The monoisotopic (exact) mass is 233 g/mol. The van der Waals surface area contributed by atoms with Crippen LogP contribution in [-0.2, 0) is 11.2 Å². The standard InChI is InChI=1S/C13H15NO3/c14-11(4-6-13(15)16)9-3-5-12-10(8-9)2-1-7-17-12/h3-6,8,11H,1-2,7,14H2,(H,15,16)/b6-4+. The van der Waals surface area contributed by atoms with Crippen LogP contribution in [0.1, 0.15) is 23.6 Å². The third-order valence-corrected chi connectivity index (χ3v) is 2.76. The summed E-state index contributed by atoms with van der Waals surface area (Å²) in [5.41, 5.74) is 7.94. The summed E-state index contributed by atoms with van der Waals surface area (Å²) in [5.74, 6) is -0.0730. The molecule has 0 amide bonds. The van der Waals surface area contributed by atoms with Gasteiger partial charge < -0.3 is 15.6 Å². The lowest BCUT2D eigenvalue weighted by molar-refractivity contribution is -0.131. The first kappa shape index (κ1) is 11.7. The summed E-state index contributed by atoms with van der Waals surface area (Å²) in [6.07, 6.45) is 4.55. The van der Waals surface area contributed by atoms with E-state index < -0.39 is 12.0 Å². The summed E-state index contributed by atoms with van der Waals surface area (Å²) in [7, 11) is 0. The van der Waals surface area contributed by atoms with Crippen molar-refractivity contribution >= 4 is 5.97 Å². The number of ether oxygens (including phenoxy) is 1. The molecule has 0 aliphatic carbocycles. The molecule has 0 radical (unpaired) electrons. The van der Waals surface area contributed by atoms with Gasteiger partial charge in [-0.15, -0.1) is 0 Å². The molecular weight excluding hydrogens is 218 g/mol. The number of carboxylic acid groups (broad SMARTS) is 1. The molecule has 4 heteroatoms. The van der Waals surface area contributed by atoms with Crippen LogP contribution >= 0.6 is 0 Å². The second-order valence-corrected chi connectivity index (χ2v) is 4.04. The van der Waals surface area contributed by atoms with Crippen molar-refractivity contribution in [2.45, 2.75) is 18.9 Å². The van der Waals surface area contributed by atoms with Gasteiger partial charge in [0.25, 0.3) is 0 Å². The highest BCUT2D eigenvalue weighted by molar-refractivity contribution is 5.79. The number of carboxylic acids is 1. The minimum atomic E-state index is -0.984. The van der Waals surface area contributed by atoms with E-state index in [1.165, 1.54) is 6.08 Å². The van der Waals surface area contributed by atoms with Crippen molar-refractivity contribution in [1.82, 2.24) is 0 Å². The first-order valence-electron chi connectivity index (χ1n) is 5.59. The van der Waals surface area contributed by atoms with Crippen molar-refractivity contribution in [1.29, 1.82) is 0 Å². The maximum absolute atomic E-state index is 10.4. The van der Waals surface area contributed by atoms with Gasteiger partial charge >= 0.3 is 5.97 Å². The Balaban J connectivity index is 2.18. The largest absolute Gasteiger partial charge is 0.493 e. The van der Waals surface area contributed by atoms with E-state index in [9.17, 15) is 4.79 Å². The summed E-state index contributed by atoms with van der Waals surface area (Å²) in [6, 6.07) is 5.38. The highest BCUT2D eigenvalue weighted by atomic mass is 16.5. The van der Waals surface area contributed by atoms with E-state index >= 15 is 0 Å². The topological polar surface area (TPSA) is 72.6 Å². The van der Waals surface area contributed by atoms with Crippen LogP contribution in [-0.4, -0.2) is 17.7 Å². The molecule has 2 rings (SSSR count). The van der Waals surface area contributed by atoms with Gasteiger partial charge in [0.1, 0.15) is 5.75 Å². The molecule has 1 aromatic rings. The normalized spacial score (nSPS) is 16.3. The molecule has 0 aromatic heterocycles. The third-order valence-electron chi connectivity index (χ3n) is 2.76. The third kappa shape index (κ3) is 2.85. The van der Waals surface area contributed by atoms with Gasteiger partial charge in [0.15, 0.2) is 0 Å². The Labute approximate surface area is 99.7 Å². The Morgan fingerprint density at radius 3 is 3.12 bits per heavy atom. The Morgan fingerprint density at radius 2 is 2.35 bits per heavy atom. The predicted molar refractivity (Wildman–Crippen MR) is 64.0 cm³/mol. The molecule has 90 valence electrons. The summed E-state index contributed by atoms with van der Waals surface area (Å²) in [5, 5.41) is 8.54. The molecule has 1 heterocycles. The molecule has 1 aromatic carbocycles. The number of aliphatic carboxylic acids is 1. The quantitative estimate of drug-likeness (QED) is 0.779. The summed E-state index contributed by atoms with van der Waals surface area (Å²) >= 11 is 0. The molecule has 17 heavy (non-hydrogen) atoms. The van der Waals surface area contributed by atoms with Crippen LogP contribution < -0.4 is 10.5 Å². The van der Waals surface area contributed by atoms with Crippen LogP contribution in [0, 0.1) is 0 Å². The highest BCUT2D eigenvalue weighted by Gasteiger charge is 2.12. The average Bonchev–Trinajstić information content (AvgIpc) is 2.35. The Bertz CT molecular complexity index is 454. The number of rotatable bonds is 3. The molecule has 0 bridgehead atoms. The lowest BCUT2D eigenvalue weighted by Crippen LogP contribution is -2.12. The summed E-state index contributed by atoms with van der Waals surface area (Å²) < 4.78 is 5.50. The highest BCUT2D eigenvalue weighted by Crippen LogP contribution is 2.27. The minimum absolute atomic E-state index is 0.390. The lowest BCUT2D eigenvalue weighted by Gasteiger charge is -2.18. The van der Waals surface area contributed by atoms with Gasteiger partial charge in [0.2, 0.25) is 0 Å². The van der Waals surface area contributed by atoms with Crippen molar-refractivity contribution in [2.75, 3.05) is 6.61 Å². The van der Waals surface area contributed by atoms with Crippen LogP contribution in [0.25, 0.3) is 0 Å². The van der Waals surface area contributed by atoms with Gasteiger partial charge in [-0.05, 0) is 30.0 Å². The van der Waals surface area contributed by atoms with Gasteiger partial charge in [-0.3, -0.25) is 0 Å². The lowest BCUT2D eigenvalue weighted by atomic mass is 9.99. The van der Waals surface area contributed by atoms with E-state index in [-0.39, 0.29) is 0 Å². The smallest absolute Gasteiger partial charge is 0.328 e. The molecule has 0 spiro atoms. The summed E-state index contributed by atoms with van der Waals surface area (Å²) in [6.45, 7) is 0.761. The zero-order chi connectivity index (χ0) is 12.3. The Morgan fingerprint density at radius 1 is 1.53 bits per heavy atom. The number of fused-ring (bicyclic) bond motifs is 1. The maximum atomic E-state index is 10.4. The van der Waals surface area contributed by atoms with Crippen molar-refractivity contribution < 1.29 is 14.6 Å². The zero-order valence-corrected chi connectivity index (χ0v) is 9.43. The number of hydrogen-bond acceptors (Lipinski definition) is 3. The number of aryl methyl sites for hydroxylation is 1. The maximum Gasteiger partial charge on any atom is 0.328 e. The van der Waals surface area contributed by atoms with E-state index in [0.29, 0.717) is 0 Å². The zero-order valence-electron chi connectivity index (χ0n) is 9.43. The van der Waals surface area contributed by atoms with E-state index in [4.69, 9.17) is 15.6 Å². The molecule has 0 saturated heterocycles. The predicted octanol–water partition coefficient (Wildman–Crippen LogP) is 1.65. The van der Waals surface area contributed by atoms with Crippen molar-refractivity contribution in [3.8, 4) is 5.75 Å². The SMILES string of the molecule is NC(/C=C/C(=O)O)c1ccc2c(c1)CCCO2. The molecule has 1 aliphatic rings. The molecular formula is C13H15NO3. The molecule has 3 N–H and O–H groups in total. The number of nitrogens with two attached hydrogens (primary N) is 1. The fourth-order valence-corrected chi connectivity index (χ4v) is 1.88. The van der Waals surface area contributed by atoms with Crippen molar-refractivity contribution in [3.63, 3.8) is 0 Å². The number of hydrogen-bond donors (Lipinski definition) is 2. The second kappa shape index (κ2) is 5.01. The van der Waals surface area contributed by atoms with Gasteiger partial charge in [-0.25, -0.2) is 4.79 Å². The molecule has 1 aliphatic heterocycles. The van der Waals surface area contributed by atoms with Crippen LogP contribution in [0.5, 0.6) is 5.75 Å². The molecule has 1 atom stereocenters. The fourth-order valence-electron chi connectivity index (χ4n) is 1.88. The van der Waals surface area contributed by atoms with Crippen molar-refractivity contribution in [2.24, 2.45) is 5.73 Å². The number of carbonyl (C=O) groups is 1. The molecule has 0 saturated carbocycles. The van der Waals surface area contributed by atoms with Gasteiger partial charge in [-0.2, -0.15) is 0 Å². The van der Waals surface area contributed by atoms with Crippen LogP contribution in [0.4, 0.5) is 0 Å². The molecule has 1 unspecified atom stereocenters. The van der Waals surface area contributed by atoms with E-state index in [1.54, 1.807) is 0 Å². The van der Waals surface area contributed by atoms with Crippen LogP contribution in [0.2, 0.25) is 0 Å². The first-order chi connectivity index (χ1) is 8.16. The fraction of sp³-hybridized carbons (Fsp3) is 0.308. The minimum Gasteiger partial charge on any atom is -0.493 e. The molecule has 0 fully saturated rings. The van der Waals surface area contributed by atoms with E-state index in [0.717, 1.165) is 42.4 Å². The summed E-state index contributed by atoms with van der Waals surface area (Å²) in [4.78, 5) is 10.4. The van der Waals surface area contributed by atoms with Gasteiger partial charge in [-0.1, -0.05) is 18.2 Å². The van der Waals surface area contributed by atoms with Gasteiger partial charge in [0, 0.05) is 12.1 Å².